The Kier molecular flexibility index (Phi) is 4.14. The number of amides is 1. The standard InChI is InChI=1S/C12H14N4O3S/c1-6-4-7-10(14-5-15-11(7)20-6)16-8(12(18)19)2-3-9(13)17/h4-5,8H,2-3H2,1H3,(H2,13,17)(H,18,19)(H,14,15,16). The maximum Gasteiger partial charge on any atom is 0.326 e. The zero-order chi connectivity index (χ0) is 14.7. The molecule has 0 saturated heterocycles. The second-order valence-electron chi connectivity index (χ2n) is 4.34. The molecule has 0 bridgehead atoms. The Hall–Kier alpha value is -2.22. The molecule has 2 heterocycles. The number of rotatable bonds is 6. The molecular formula is C12H14N4O3S. The van der Waals surface area contributed by atoms with Gasteiger partial charge in [0.15, 0.2) is 0 Å². The molecule has 106 valence electrons. The maximum atomic E-state index is 11.2. The van der Waals surface area contributed by atoms with Crippen LogP contribution in [0, 0.1) is 6.92 Å². The Labute approximate surface area is 118 Å². The van der Waals surface area contributed by atoms with Gasteiger partial charge in [-0.15, -0.1) is 11.3 Å². The highest BCUT2D eigenvalue weighted by Gasteiger charge is 2.20. The quantitative estimate of drug-likeness (QED) is 0.735. The highest BCUT2D eigenvalue weighted by Crippen LogP contribution is 2.28. The molecule has 0 saturated carbocycles. The van der Waals surface area contributed by atoms with Crippen molar-refractivity contribution in [2.75, 3.05) is 5.32 Å². The van der Waals surface area contributed by atoms with Crippen LogP contribution in [-0.2, 0) is 9.59 Å². The van der Waals surface area contributed by atoms with Gasteiger partial charge in [-0.1, -0.05) is 0 Å². The van der Waals surface area contributed by atoms with Crippen LogP contribution in [0.4, 0.5) is 5.82 Å². The number of nitrogens with zero attached hydrogens (tertiary/aromatic N) is 2. The van der Waals surface area contributed by atoms with Crippen LogP contribution in [-0.4, -0.2) is 33.0 Å². The fourth-order valence-corrected chi connectivity index (χ4v) is 2.65. The molecule has 2 aromatic heterocycles. The molecule has 0 aliphatic rings. The van der Waals surface area contributed by atoms with Crippen LogP contribution >= 0.6 is 11.3 Å². The second kappa shape index (κ2) is 5.83. The molecule has 8 heteroatoms. The lowest BCUT2D eigenvalue weighted by Crippen LogP contribution is -2.31. The highest BCUT2D eigenvalue weighted by molar-refractivity contribution is 7.18. The average Bonchev–Trinajstić information content (AvgIpc) is 2.74. The van der Waals surface area contributed by atoms with E-state index in [4.69, 9.17) is 10.8 Å². The number of carboxylic acid groups (broad SMARTS) is 1. The number of aryl methyl sites for hydroxylation is 1. The van der Waals surface area contributed by atoms with E-state index < -0.39 is 17.9 Å². The number of thiophene rings is 1. The summed E-state index contributed by atoms with van der Waals surface area (Å²) in [5, 5.41) is 12.8. The van der Waals surface area contributed by atoms with Gasteiger partial charge in [0.25, 0.3) is 0 Å². The van der Waals surface area contributed by atoms with Crippen molar-refractivity contribution in [3.05, 3.63) is 17.3 Å². The normalized spacial score (nSPS) is 12.2. The summed E-state index contributed by atoms with van der Waals surface area (Å²) in [6.07, 6.45) is 1.49. The van der Waals surface area contributed by atoms with E-state index in [9.17, 15) is 9.59 Å². The number of nitrogens with one attached hydrogen (secondary N) is 1. The Morgan fingerprint density at radius 2 is 2.25 bits per heavy atom. The van der Waals surface area contributed by atoms with Gasteiger partial charge in [0.05, 0.1) is 5.39 Å². The molecule has 1 unspecified atom stereocenters. The molecule has 7 nitrogen and oxygen atoms in total. The number of anilines is 1. The summed E-state index contributed by atoms with van der Waals surface area (Å²) in [6.45, 7) is 1.94. The number of nitrogens with two attached hydrogens (primary N) is 1. The average molecular weight is 294 g/mol. The van der Waals surface area contributed by atoms with Gasteiger partial charge in [-0.25, -0.2) is 14.8 Å². The van der Waals surface area contributed by atoms with Crippen molar-refractivity contribution >= 4 is 39.2 Å². The predicted molar refractivity (Wildman–Crippen MR) is 75.6 cm³/mol. The molecule has 1 atom stereocenters. The van der Waals surface area contributed by atoms with E-state index in [0.29, 0.717) is 5.82 Å². The van der Waals surface area contributed by atoms with E-state index in [0.717, 1.165) is 15.1 Å². The zero-order valence-electron chi connectivity index (χ0n) is 10.8. The molecule has 0 aliphatic heterocycles. The molecule has 1 amide bonds. The largest absolute Gasteiger partial charge is 0.480 e. The minimum absolute atomic E-state index is 0.000851. The Morgan fingerprint density at radius 3 is 2.90 bits per heavy atom. The van der Waals surface area contributed by atoms with Crippen molar-refractivity contribution in [1.29, 1.82) is 0 Å². The molecule has 2 rings (SSSR count). The maximum absolute atomic E-state index is 11.2. The first-order valence-electron chi connectivity index (χ1n) is 5.96. The first-order valence-corrected chi connectivity index (χ1v) is 6.78. The lowest BCUT2D eigenvalue weighted by molar-refractivity contribution is -0.138. The third-order valence-corrected chi connectivity index (χ3v) is 3.70. The van der Waals surface area contributed by atoms with Crippen LogP contribution in [0.25, 0.3) is 10.2 Å². The van der Waals surface area contributed by atoms with Crippen molar-refractivity contribution in [1.82, 2.24) is 9.97 Å². The number of primary amides is 1. The number of fused-ring (bicyclic) bond motifs is 1. The summed E-state index contributed by atoms with van der Waals surface area (Å²) >= 11 is 1.51. The van der Waals surface area contributed by atoms with Crippen LogP contribution in [0.5, 0.6) is 0 Å². The number of aliphatic carboxylic acids is 1. The summed E-state index contributed by atoms with van der Waals surface area (Å²) in [7, 11) is 0. The summed E-state index contributed by atoms with van der Waals surface area (Å²) in [5.41, 5.74) is 5.04. The number of hydrogen-bond donors (Lipinski definition) is 3. The van der Waals surface area contributed by atoms with Crippen molar-refractivity contribution < 1.29 is 14.7 Å². The number of carboxylic acids is 1. The van der Waals surface area contributed by atoms with E-state index in [1.807, 2.05) is 13.0 Å². The SMILES string of the molecule is Cc1cc2c(NC(CCC(N)=O)C(=O)O)ncnc2s1. The van der Waals surface area contributed by atoms with E-state index in [-0.39, 0.29) is 12.8 Å². The minimum atomic E-state index is -1.05. The van der Waals surface area contributed by atoms with Gasteiger partial charge < -0.3 is 16.2 Å². The van der Waals surface area contributed by atoms with Gasteiger partial charge in [-0.05, 0) is 19.4 Å². The van der Waals surface area contributed by atoms with Crippen LogP contribution in [0.1, 0.15) is 17.7 Å². The molecule has 20 heavy (non-hydrogen) atoms. The first kappa shape index (κ1) is 14.2. The van der Waals surface area contributed by atoms with Crippen molar-refractivity contribution in [2.45, 2.75) is 25.8 Å². The number of carbonyl (C=O) groups is 2. The fourth-order valence-electron chi connectivity index (χ4n) is 1.80. The molecule has 0 radical (unpaired) electrons. The Bertz CT molecular complexity index is 655. The van der Waals surface area contributed by atoms with Gasteiger partial charge >= 0.3 is 5.97 Å². The van der Waals surface area contributed by atoms with E-state index in [1.165, 1.54) is 17.7 Å². The number of carbonyl (C=O) groups excluding carboxylic acids is 1. The van der Waals surface area contributed by atoms with E-state index in [1.54, 1.807) is 0 Å². The van der Waals surface area contributed by atoms with Crippen molar-refractivity contribution in [3.63, 3.8) is 0 Å². The van der Waals surface area contributed by atoms with Gasteiger partial charge in [0.1, 0.15) is 23.0 Å². The smallest absolute Gasteiger partial charge is 0.326 e. The summed E-state index contributed by atoms with van der Waals surface area (Å²) < 4.78 is 0. The third-order valence-electron chi connectivity index (χ3n) is 2.74. The zero-order valence-corrected chi connectivity index (χ0v) is 11.6. The number of hydrogen-bond acceptors (Lipinski definition) is 6. The Morgan fingerprint density at radius 1 is 1.50 bits per heavy atom. The minimum Gasteiger partial charge on any atom is -0.480 e. The van der Waals surface area contributed by atoms with E-state index >= 15 is 0 Å². The van der Waals surface area contributed by atoms with Crippen LogP contribution in [0.3, 0.4) is 0 Å². The molecule has 4 N–H and O–H groups in total. The van der Waals surface area contributed by atoms with Gasteiger partial charge in [-0.3, -0.25) is 4.79 Å². The summed E-state index contributed by atoms with van der Waals surface area (Å²) in [4.78, 5) is 32.0. The second-order valence-corrected chi connectivity index (χ2v) is 5.57. The van der Waals surface area contributed by atoms with Gasteiger partial charge in [-0.2, -0.15) is 0 Å². The summed E-state index contributed by atoms with van der Waals surface area (Å²) in [5.74, 6) is -1.13. The third kappa shape index (κ3) is 3.21. The molecule has 0 aliphatic carbocycles. The molecule has 0 fully saturated rings. The predicted octanol–water partition coefficient (Wildman–Crippen LogP) is 1.13. The van der Waals surface area contributed by atoms with Gasteiger partial charge in [0, 0.05) is 11.3 Å². The van der Waals surface area contributed by atoms with Crippen LogP contribution in [0.2, 0.25) is 0 Å². The number of aromatic nitrogens is 2. The molecule has 0 aromatic carbocycles. The molecule has 2 aromatic rings. The lowest BCUT2D eigenvalue weighted by Gasteiger charge is -2.14. The fraction of sp³-hybridized carbons (Fsp3) is 0.333. The summed E-state index contributed by atoms with van der Waals surface area (Å²) in [6, 6.07) is 0.982. The Balaban J connectivity index is 2.24. The van der Waals surface area contributed by atoms with Gasteiger partial charge in [0.2, 0.25) is 5.91 Å². The van der Waals surface area contributed by atoms with Crippen LogP contribution < -0.4 is 11.1 Å². The topological polar surface area (TPSA) is 118 Å². The highest BCUT2D eigenvalue weighted by atomic mass is 32.1. The molecule has 0 spiro atoms. The van der Waals surface area contributed by atoms with E-state index in [2.05, 4.69) is 15.3 Å². The monoisotopic (exact) mass is 294 g/mol. The lowest BCUT2D eigenvalue weighted by atomic mass is 10.1. The van der Waals surface area contributed by atoms with Crippen LogP contribution in [0.15, 0.2) is 12.4 Å². The van der Waals surface area contributed by atoms with Crippen molar-refractivity contribution in [2.24, 2.45) is 5.73 Å². The van der Waals surface area contributed by atoms with Crippen molar-refractivity contribution in [3.8, 4) is 0 Å². The molecular weight excluding hydrogens is 280 g/mol. The first-order chi connectivity index (χ1) is 9.47.